The molecule has 33 heavy (non-hydrogen) atoms. The zero-order chi connectivity index (χ0) is 23.4. The quantitative estimate of drug-likeness (QED) is 0.664. The molecule has 2 fully saturated rings. The first-order valence-corrected chi connectivity index (χ1v) is 12.3. The number of hydrogen-bond donors (Lipinski definition) is 2. The maximum Gasteiger partial charge on any atom is 0.156 e. The first kappa shape index (κ1) is 22.4. The van der Waals surface area contributed by atoms with Gasteiger partial charge in [-0.15, -0.1) is 0 Å². The van der Waals surface area contributed by atoms with Crippen molar-refractivity contribution in [2.45, 2.75) is 63.4 Å². The Hall–Kier alpha value is -2.35. The predicted octanol–water partition coefficient (Wildman–Crippen LogP) is 4.38. The van der Waals surface area contributed by atoms with Gasteiger partial charge in [-0.05, 0) is 85.3 Å². The Morgan fingerprint density at radius 1 is 1.12 bits per heavy atom. The number of nitrogens with zero attached hydrogens (tertiary/aromatic N) is 1. The molecule has 0 spiro atoms. The minimum atomic E-state index is -1.07. The van der Waals surface area contributed by atoms with Gasteiger partial charge in [0, 0.05) is 37.5 Å². The summed E-state index contributed by atoms with van der Waals surface area (Å²) in [5.74, 6) is 7.10. The fraction of sp³-hybridized carbons (Fsp3) is 0.552. The zero-order valence-electron chi connectivity index (χ0n) is 20.0. The minimum Gasteiger partial charge on any atom is -0.384 e. The second-order valence-corrected chi connectivity index (χ2v) is 10.8. The SMILES string of the molecule is CN(C)c1ccc(C2CC3(C)C(CCC3(O)C#CCO)C3CCC4=CC(=O)CCC4=C23)cc1. The zero-order valence-corrected chi connectivity index (χ0v) is 20.0. The smallest absolute Gasteiger partial charge is 0.156 e. The summed E-state index contributed by atoms with van der Waals surface area (Å²) < 4.78 is 0. The highest BCUT2D eigenvalue weighted by molar-refractivity contribution is 5.93. The maximum atomic E-state index is 12.2. The molecule has 4 heteroatoms. The number of aliphatic hydroxyl groups excluding tert-OH is 1. The summed E-state index contributed by atoms with van der Waals surface area (Å²) in [6.45, 7) is 2.01. The van der Waals surface area contributed by atoms with Gasteiger partial charge >= 0.3 is 0 Å². The van der Waals surface area contributed by atoms with Crippen LogP contribution >= 0.6 is 0 Å². The Morgan fingerprint density at radius 2 is 1.88 bits per heavy atom. The van der Waals surface area contributed by atoms with Gasteiger partial charge < -0.3 is 15.1 Å². The third-order valence-corrected chi connectivity index (χ3v) is 9.07. The molecular weight excluding hydrogens is 410 g/mol. The lowest BCUT2D eigenvalue weighted by Gasteiger charge is -2.53. The third kappa shape index (κ3) is 3.49. The normalized spacial score (nSPS) is 35.1. The second-order valence-electron chi connectivity index (χ2n) is 10.8. The van der Waals surface area contributed by atoms with Gasteiger partial charge in [0.05, 0.1) is 0 Å². The summed E-state index contributed by atoms with van der Waals surface area (Å²) in [5.41, 5.74) is 5.26. The van der Waals surface area contributed by atoms with E-state index in [-0.39, 0.29) is 23.7 Å². The van der Waals surface area contributed by atoms with Crippen LogP contribution < -0.4 is 4.90 Å². The Kier molecular flexibility index (Phi) is 5.54. The van der Waals surface area contributed by atoms with Crippen molar-refractivity contribution in [2.75, 3.05) is 25.6 Å². The highest BCUT2D eigenvalue weighted by atomic mass is 16.3. The number of fused-ring (bicyclic) bond motifs is 4. The third-order valence-electron chi connectivity index (χ3n) is 9.07. The molecule has 2 saturated carbocycles. The van der Waals surface area contributed by atoms with E-state index in [1.54, 1.807) is 0 Å². The molecule has 174 valence electrons. The van der Waals surface area contributed by atoms with E-state index in [4.69, 9.17) is 0 Å². The molecule has 0 radical (unpaired) electrons. The number of aliphatic hydroxyl groups is 2. The van der Waals surface area contributed by atoms with Gasteiger partial charge in [-0.2, -0.15) is 0 Å². The number of carbonyl (C=O) groups is 1. The molecule has 0 aromatic heterocycles. The van der Waals surface area contributed by atoms with Crippen molar-refractivity contribution in [3.63, 3.8) is 0 Å². The largest absolute Gasteiger partial charge is 0.384 e. The average molecular weight is 446 g/mol. The number of benzene rings is 1. The molecule has 4 aliphatic rings. The van der Waals surface area contributed by atoms with E-state index in [1.807, 2.05) is 6.08 Å². The molecule has 1 aromatic rings. The van der Waals surface area contributed by atoms with Crippen molar-refractivity contribution in [1.29, 1.82) is 0 Å². The molecular formula is C29H35NO3. The van der Waals surface area contributed by atoms with Crippen molar-refractivity contribution in [2.24, 2.45) is 17.3 Å². The fourth-order valence-corrected chi connectivity index (χ4v) is 7.36. The van der Waals surface area contributed by atoms with E-state index in [0.717, 1.165) is 32.1 Å². The first-order chi connectivity index (χ1) is 15.8. The highest BCUT2D eigenvalue weighted by Gasteiger charge is 2.62. The number of carbonyl (C=O) groups excluding carboxylic acids is 1. The monoisotopic (exact) mass is 445 g/mol. The van der Waals surface area contributed by atoms with Crippen LogP contribution in [0.15, 0.2) is 47.1 Å². The van der Waals surface area contributed by atoms with Gasteiger partial charge in [-0.1, -0.05) is 36.5 Å². The van der Waals surface area contributed by atoms with Gasteiger partial charge in [-0.25, -0.2) is 0 Å². The standard InChI is InChI=1S/C29H35NO3/c1-28-18-25(19-5-8-21(9-6-19)30(2)3)27-23-12-10-22(32)17-20(23)7-11-24(27)26(28)13-15-29(28,33)14-4-16-31/h5-6,8-9,17,24-26,31,33H,7,10-13,15-16,18H2,1-3H3. The van der Waals surface area contributed by atoms with E-state index in [2.05, 4.69) is 62.0 Å². The van der Waals surface area contributed by atoms with Crippen LogP contribution in [0, 0.1) is 29.1 Å². The van der Waals surface area contributed by atoms with Crippen LogP contribution in [-0.4, -0.2) is 42.3 Å². The van der Waals surface area contributed by atoms with Crippen LogP contribution in [0.25, 0.3) is 0 Å². The molecule has 0 amide bonds. The van der Waals surface area contributed by atoms with E-state index < -0.39 is 5.60 Å². The average Bonchev–Trinajstić information content (AvgIpc) is 3.07. The Labute approximate surface area is 197 Å². The summed E-state index contributed by atoms with van der Waals surface area (Å²) in [6.07, 6.45) is 7.80. The van der Waals surface area contributed by atoms with Crippen molar-refractivity contribution in [1.82, 2.24) is 0 Å². The molecule has 4 nitrogen and oxygen atoms in total. The number of anilines is 1. The fourth-order valence-electron chi connectivity index (χ4n) is 7.36. The van der Waals surface area contributed by atoms with E-state index in [1.165, 1.54) is 28.0 Å². The summed E-state index contributed by atoms with van der Waals surface area (Å²) >= 11 is 0. The highest BCUT2D eigenvalue weighted by Crippen LogP contribution is 2.66. The van der Waals surface area contributed by atoms with E-state index >= 15 is 0 Å². The molecule has 0 aliphatic heterocycles. The van der Waals surface area contributed by atoms with Gasteiger partial charge in [0.15, 0.2) is 5.78 Å². The van der Waals surface area contributed by atoms with Gasteiger partial charge in [-0.3, -0.25) is 4.79 Å². The molecule has 4 aliphatic carbocycles. The van der Waals surface area contributed by atoms with Crippen molar-refractivity contribution >= 4 is 11.5 Å². The lowest BCUT2D eigenvalue weighted by Crippen LogP contribution is -2.51. The molecule has 0 heterocycles. The maximum absolute atomic E-state index is 12.2. The van der Waals surface area contributed by atoms with Crippen molar-refractivity contribution in [3.05, 3.63) is 52.6 Å². The Balaban J connectivity index is 1.66. The van der Waals surface area contributed by atoms with Crippen LogP contribution in [0.2, 0.25) is 0 Å². The molecule has 5 atom stereocenters. The van der Waals surface area contributed by atoms with Crippen LogP contribution in [-0.2, 0) is 4.79 Å². The summed E-state index contributed by atoms with van der Waals surface area (Å²) in [6, 6.07) is 8.85. The van der Waals surface area contributed by atoms with E-state index in [0.29, 0.717) is 24.7 Å². The van der Waals surface area contributed by atoms with Gasteiger partial charge in [0.25, 0.3) is 0 Å². The van der Waals surface area contributed by atoms with Crippen LogP contribution in [0.4, 0.5) is 5.69 Å². The van der Waals surface area contributed by atoms with Crippen molar-refractivity contribution < 1.29 is 15.0 Å². The van der Waals surface area contributed by atoms with E-state index in [9.17, 15) is 15.0 Å². The molecule has 0 bridgehead atoms. The number of hydrogen-bond acceptors (Lipinski definition) is 4. The Bertz CT molecular complexity index is 1090. The minimum absolute atomic E-state index is 0.208. The topological polar surface area (TPSA) is 60.8 Å². The van der Waals surface area contributed by atoms with Crippen molar-refractivity contribution in [3.8, 4) is 11.8 Å². The van der Waals surface area contributed by atoms with Gasteiger partial charge in [0.1, 0.15) is 12.2 Å². The Morgan fingerprint density at radius 3 is 2.58 bits per heavy atom. The predicted molar refractivity (Wildman–Crippen MR) is 131 cm³/mol. The van der Waals surface area contributed by atoms with Crippen LogP contribution in [0.5, 0.6) is 0 Å². The summed E-state index contributed by atoms with van der Waals surface area (Å²) in [4.78, 5) is 14.3. The summed E-state index contributed by atoms with van der Waals surface area (Å²) in [7, 11) is 4.11. The second kappa shape index (κ2) is 8.15. The molecule has 1 aromatic carbocycles. The molecule has 5 unspecified atom stereocenters. The first-order valence-electron chi connectivity index (χ1n) is 12.3. The number of rotatable bonds is 2. The summed E-state index contributed by atoms with van der Waals surface area (Å²) in [5, 5.41) is 21.1. The lowest BCUT2D eigenvalue weighted by atomic mass is 9.51. The van der Waals surface area contributed by atoms with Crippen LogP contribution in [0.1, 0.15) is 63.4 Å². The molecule has 2 N–H and O–H groups in total. The lowest BCUT2D eigenvalue weighted by molar-refractivity contribution is -0.114. The molecule has 0 saturated heterocycles. The van der Waals surface area contributed by atoms with Gasteiger partial charge in [0.2, 0.25) is 0 Å². The number of ketones is 1. The van der Waals surface area contributed by atoms with Crippen LogP contribution in [0.3, 0.4) is 0 Å². The molecule has 5 rings (SSSR count). The number of allylic oxidation sites excluding steroid dienone is 4.